The Kier molecular flexibility index (Phi) is 4.34. The van der Waals surface area contributed by atoms with Gasteiger partial charge in [0.25, 0.3) is 0 Å². The van der Waals surface area contributed by atoms with E-state index in [-0.39, 0.29) is 6.61 Å². The van der Waals surface area contributed by atoms with E-state index in [2.05, 4.69) is 5.32 Å². The van der Waals surface area contributed by atoms with Gasteiger partial charge in [-0.15, -0.1) is 0 Å². The largest absolute Gasteiger partial charge is 0.392 e. The highest BCUT2D eigenvalue weighted by atomic mass is 16.3. The second-order valence-electron chi connectivity index (χ2n) is 4.31. The van der Waals surface area contributed by atoms with Crippen LogP contribution in [-0.4, -0.2) is 5.11 Å². The summed E-state index contributed by atoms with van der Waals surface area (Å²) in [6.07, 6.45) is 0. The van der Waals surface area contributed by atoms with Crippen LogP contribution in [0.2, 0.25) is 0 Å². The number of hydrogen-bond donors (Lipinski definition) is 2. The average Bonchev–Trinajstić information content (AvgIpc) is 2.53. The standard InChI is InChI=1S/C16H13N3O/c17-8-14-5-6-16(7-15(14)9-18)19-10-12-1-3-13(11-20)4-2-12/h1-7,19-20H,10-11H2. The van der Waals surface area contributed by atoms with Gasteiger partial charge in [-0.2, -0.15) is 10.5 Å². The van der Waals surface area contributed by atoms with E-state index in [0.29, 0.717) is 17.7 Å². The molecule has 0 bridgehead atoms. The van der Waals surface area contributed by atoms with Crippen LogP contribution in [0.4, 0.5) is 5.69 Å². The van der Waals surface area contributed by atoms with Gasteiger partial charge in [-0.1, -0.05) is 24.3 Å². The Morgan fingerprint density at radius 2 is 1.55 bits per heavy atom. The SMILES string of the molecule is N#Cc1ccc(NCc2ccc(CO)cc2)cc1C#N. The zero-order valence-electron chi connectivity index (χ0n) is 10.8. The molecule has 0 aliphatic heterocycles. The van der Waals surface area contributed by atoms with E-state index in [9.17, 15) is 0 Å². The lowest BCUT2D eigenvalue weighted by atomic mass is 10.1. The van der Waals surface area contributed by atoms with Crippen molar-refractivity contribution in [2.45, 2.75) is 13.2 Å². The van der Waals surface area contributed by atoms with Crippen LogP contribution in [-0.2, 0) is 13.2 Å². The van der Waals surface area contributed by atoms with Crippen LogP contribution in [0.1, 0.15) is 22.3 Å². The fourth-order valence-corrected chi connectivity index (χ4v) is 1.81. The van der Waals surface area contributed by atoms with Gasteiger partial charge in [0.05, 0.1) is 17.7 Å². The Labute approximate surface area is 117 Å². The van der Waals surface area contributed by atoms with Gasteiger partial charge < -0.3 is 10.4 Å². The number of aliphatic hydroxyl groups is 1. The third kappa shape index (κ3) is 3.14. The van der Waals surface area contributed by atoms with Crippen molar-refractivity contribution in [1.29, 1.82) is 10.5 Å². The summed E-state index contributed by atoms with van der Waals surface area (Å²) in [5.41, 5.74) is 3.49. The van der Waals surface area contributed by atoms with E-state index < -0.39 is 0 Å². The fraction of sp³-hybridized carbons (Fsp3) is 0.125. The molecule has 0 saturated heterocycles. The van der Waals surface area contributed by atoms with Gasteiger partial charge in [-0.05, 0) is 29.3 Å². The summed E-state index contributed by atoms with van der Waals surface area (Å²) < 4.78 is 0. The molecule has 4 heteroatoms. The van der Waals surface area contributed by atoms with Gasteiger partial charge in [0.15, 0.2) is 0 Å². The molecule has 0 spiro atoms. The molecule has 0 unspecified atom stereocenters. The van der Waals surface area contributed by atoms with Crippen molar-refractivity contribution in [3.8, 4) is 12.1 Å². The molecule has 4 nitrogen and oxygen atoms in total. The molecular formula is C16H13N3O. The molecule has 2 aromatic carbocycles. The Morgan fingerprint density at radius 3 is 2.15 bits per heavy atom. The number of hydrogen-bond acceptors (Lipinski definition) is 4. The highest BCUT2D eigenvalue weighted by molar-refractivity contribution is 5.56. The maximum Gasteiger partial charge on any atom is 0.101 e. The van der Waals surface area contributed by atoms with Crippen LogP contribution in [0.25, 0.3) is 0 Å². The minimum Gasteiger partial charge on any atom is -0.392 e. The number of nitrogens with one attached hydrogen (secondary N) is 1. The number of aliphatic hydroxyl groups excluding tert-OH is 1. The summed E-state index contributed by atoms with van der Waals surface area (Å²) in [7, 11) is 0. The Morgan fingerprint density at radius 1 is 0.900 bits per heavy atom. The Bertz CT molecular complexity index is 678. The summed E-state index contributed by atoms with van der Waals surface area (Å²) >= 11 is 0. The normalized spacial score (nSPS) is 9.55. The van der Waals surface area contributed by atoms with Gasteiger partial charge in [-0.3, -0.25) is 0 Å². The lowest BCUT2D eigenvalue weighted by Gasteiger charge is -2.08. The van der Waals surface area contributed by atoms with Crippen molar-refractivity contribution >= 4 is 5.69 Å². The van der Waals surface area contributed by atoms with E-state index in [0.717, 1.165) is 16.8 Å². The maximum absolute atomic E-state index is 8.97. The molecule has 2 rings (SSSR count). The summed E-state index contributed by atoms with van der Waals surface area (Å²) in [5.74, 6) is 0. The van der Waals surface area contributed by atoms with Crippen molar-refractivity contribution in [1.82, 2.24) is 0 Å². The number of rotatable bonds is 4. The van der Waals surface area contributed by atoms with E-state index in [1.807, 2.05) is 36.4 Å². The molecule has 0 aliphatic rings. The summed E-state index contributed by atoms with van der Waals surface area (Å²) in [5, 5.41) is 30.0. The number of anilines is 1. The molecule has 2 N–H and O–H groups in total. The molecule has 0 aliphatic carbocycles. The molecule has 0 saturated carbocycles. The molecule has 20 heavy (non-hydrogen) atoms. The molecule has 0 aromatic heterocycles. The van der Waals surface area contributed by atoms with Crippen LogP contribution < -0.4 is 5.32 Å². The molecule has 0 radical (unpaired) electrons. The predicted octanol–water partition coefficient (Wildman–Crippen LogP) is 2.53. The minimum absolute atomic E-state index is 0.0366. The monoisotopic (exact) mass is 263 g/mol. The first-order valence-corrected chi connectivity index (χ1v) is 6.13. The third-order valence-electron chi connectivity index (χ3n) is 2.96. The van der Waals surface area contributed by atoms with Gasteiger partial charge in [0, 0.05) is 12.2 Å². The molecule has 2 aromatic rings. The van der Waals surface area contributed by atoms with Crippen molar-refractivity contribution in [2.75, 3.05) is 5.32 Å². The smallest absolute Gasteiger partial charge is 0.101 e. The topological polar surface area (TPSA) is 79.8 Å². The Hall–Kier alpha value is -2.82. The zero-order chi connectivity index (χ0) is 14.4. The zero-order valence-corrected chi connectivity index (χ0v) is 10.8. The molecule has 98 valence electrons. The molecule has 0 heterocycles. The van der Waals surface area contributed by atoms with Crippen LogP contribution in [0, 0.1) is 22.7 Å². The molecule has 0 fully saturated rings. The van der Waals surface area contributed by atoms with Crippen LogP contribution >= 0.6 is 0 Å². The first kappa shape index (κ1) is 13.6. The fourth-order valence-electron chi connectivity index (χ4n) is 1.81. The molecular weight excluding hydrogens is 250 g/mol. The van der Waals surface area contributed by atoms with Crippen molar-refractivity contribution < 1.29 is 5.11 Å². The first-order chi connectivity index (χ1) is 9.76. The van der Waals surface area contributed by atoms with Crippen LogP contribution in [0.5, 0.6) is 0 Å². The van der Waals surface area contributed by atoms with Crippen molar-refractivity contribution in [3.05, 3.63) is 64.7 Å². The molecule has 0 amide bonds. The second kappa shape index (κ2) is 6.38. The predicted molar refractivity (Wildman–Crippen MR) is 75.6 cm³/mol. The first-order valence-electron chi connectivity index (χ1n) is 6.13. The number of nitriles is 2. The van der Waals surface area contributed by atoms with Gasteiger partial charge in [0.1, 0.15) is 12.1 Å². The van der Waals surface area contributed by atoms with E-state index in [1.54, 1.807) is 18.2 Å². The second-order valence-corrected chi connectivity index (χ2v) is 4.31. The highest BCUT2D eigenvalue weighted by Crippen LogP contribution is 2.15. The highest BCUT2D eigenvalue weighted by Gasteiger charge is 2.02. The maximum atomic E-state index is 8.97. The van der Waals surface area contributed by atoms with Crippen molar-refractivity contribution in [2.24, 2.45) is 0 Å². The summed E-state index contributed by atoms with van der Waals surface area (Å²) in [6.45, 7) is 0.650. The summed E-state index contributed by atoms with van der Waals surface area (Å²) in [6, 6.07) is 16.7. The van der Waals surface area contributed by atoms with Gasteiger partial charge >= 0.3 is 0 Å². The summed E-state index contributed by atoms with van der Waals surface area (Å²) in [4.78, 5) is 0. The number of benzene rings is 2. The van der Waals surface area contributed by atoms with Gasteiger partial charge in [-0.25, -0.2) is 0 Å². The van der Waals surface area contributed by atoms with Crippen LogP contribution in [0.15, 0.2) is 42.5 Å². The Balaban J connectivity index is 2.07. The van der Waals surface area contributed by atoms with Gasteiger partial charge in [0.2, 0.25) is 0 Å². The lowest BCUT2D eigenvalue weighted by Crippen LogP contribution is -2.00. The van der Waals surface area contributed by atoms with E-state index in [1.165, 1.54) is 0 Å². The minimum atomic E-state index is 0.0366. The number of nitrogens with zero attached hydrogens (tertiary/aromatic N) is 2. The van der Waals surface area contributed by atoms with Crippen LogP contribution in [0.3, 0.4) is 0 Å². The van der Waals surface area contributed by atoms with Crippen molar-refractivity contribution in [3.63, 3.8) is 0 Å². The third-order valence-corrected chi connectivity index (χ3v) is 2.96. The average molecular weight is 263 g/mol. The van der Waals surface area contributed by atoms with E-state index >= 15 is 0 Å². The quantitative estimate of drug-likeness (QED) is 0.888. The molecule has 0 atom stereocenters. The lowest BCUT2D eigenvalue weighted by molar-refractivity contribution is 0.282. The van der Waals surface area contributed by atoms with E-state index in [4.69, 9.17) is 15.6 Å².